The van der Waals surface area contributed by atoms with E-state index in [0.717, 1.165) is 41.4 Å². The van der Waals surface area contributed by atoms with Crippen molar-refractivity contribution in [1.82, 2.24) is 0 Å². The maximum atomic E-state index is 11.8. The van der Waals surface area contributed by atoms with Gasteiger partial charge in [0, 0.05) is 0 Å². The van der Waals surface area contributed by atoms with E-state index in [9.17, 15) is 4.79 Å². The fraction of sp³-hybridized carbons (Fsp3) is 0.909. The second kappa shape index (κ2) is 1.27. The van der Waals surface area contributed by atoms with E-state index in [1.807, 2.05) is 0 Å². The summed E-state index contributed by atoms with van der Waals surface area (Å²) in [6.45, 7) is 0. The van der Waals surface area contributed by atoms with Gasteiger partial charge in [0.05, 0.1) is 12.5 Å². The Morgan fingerprint density at radius 1 is 1.23 bits per heavy atom. The van der Waals surface area contributed by atoms with Crippen molar-refractivity contribution in [2.75, 3.05) is 7.11 Å². The molecule has 6 rings (SSSR count). The first kappa shape index (κ1) is 6.05. The number of esters is 1. The number of carbonyl (C=O) groups is 1. The van der Waals surface area contributed by atoms with Gasteiger partial charge in [-0.25, -0.2) is 0 Å². The maximum Gasteiger partial charge on any atom is 0.312 e. The van der Waals surface area contributed by atoms with Crippen LogP contribution in [0, 0.1) is 46.8 Å². The quantitative estimate of drug-likeness (QED) is 0.555. The highest BCUT2D eigenvalue weighted by molar-refractivity contribution is 5.86. The molecule has 0 aromatic heterocycles. The predicted molar refractivity (Wildman–Crippen MR) is 43.5 cm³/mol. The van der Waals surface area contributed by atoms with E-state index < -0.39 is 0 Å². The molecule has 6 aliphatic carbocycles. The van der Waals surface area contributed by atoms with Gasteiger partial charge >= 0.3 is 5.97 Å². The molecule has 0 aromatic rings. The van der Waals surface area contributed by atoms with Crippen LogP contribution >= 0.6 is 0 Å². The zero-order valence-electron chi connectivity index (χ0n) is 7.57. The van der Waals surface area contributed by atoms with Crippen LogP contribution in [0.5, 0.6) is 0 Å². The summed E-state index contributed by atoms with van der Waals surface area (Å²) in [6.07, 6.45) is 1.46. The van der Waals surface area contributed by atoms with Gasteiger partial charge in [-0.15, -0.1) is 0 Å². The second-order valence-electron chi connectivity index (χ2n) is 5.72. The summed E-state index contributed by atoms with van der Waals surface area (Å²) in [5, 5.41) is 0. The highest BCUT2D eigenvalue weighted by atomic mass is 16.5. The average Bonchev–Trinajstić information content (AvgIpc) is 2.92. The molecule has 0 radical (unpaired) electrons. The van der Waals surface area contributed by atoms with Gasteiger partial charge in [-0.05, 0) is 47.8 Å². The van der Waals surface area contributed by atoms with Gasteiger partial charge in [0.15, 0.2) is 0 Å². The van der Waals surface area contributed by atoms with E-state index in [-0.39, 0.29) is 11.4 Å². The van der Waals surface area contributed by atoms with Gasteiger partial charge in [0.2, 0.25) is 0 Å². The Balaban J connectivity index is 1.74. The maximum absolute atomic E-state index is 11.8. The molecule has 6 saturated carbocycles. The fourth-order valence-electron chi connectivity index (χ4n) is 6.23. The number of hydrogen-bond acceptors (Lipinski definition) is 2. The molecule has 0 aliphatic heterocycles. The molecule has 2 nitrogen and oxygen atoms in total. The van der Waals surface area contributed by atoms with Crippen LogP contribution in [0.25, 0.3) is 0 Å². The van der Waals surface area contributed by atoms with Crippen LogP contribution in [0.3, 0.4) is 0 Å². The molecule has 68 valence electrons. The summed E-state index contributed by atoms with van der Waals surface area (Å²) >= 11 is 0. The van der Waals surface area contributed by atoms with Crippen LogP contribution in [0.15, 0.2) is 0 Å². The summed E-state index contributed by atoms with van der Waals surface area (Å²) in [7, 11) is 1.56. The Morgan fingerprint density at radius 3 is 2.23 bits per heavy atom. The lowest BCUT2D eigenvalue weighted by molar-refractivity contribution is -0.148. The average molecular weight is 176 g/mol. The minimum absolute atomic E-state index is 0.0949. The second-order valence-corrected chi connectivity index (χ2v) is 5.72. The minimum Gasteiger partial charge on any atom is -0.469 e. The molecule has 6 atom stereocenters. The van der Waals surface area contributed by atoms with Crippen molar-refractivity contribution < 1.29 is 9.53 Å². The third-order valence-electron chi connectivity index (χ3n) is 6.06. The van der Waals surface area contributed by atoms with Crippen LogP contribution < -0.4 is 0 Å². The zero-order valence-corrected chi connectivity index (χ0v) is 7.57. The molecule has 0 unspecified atom stereocenters. The van der Waals surface area contributed by atoms with Crippen molar-refractivity contribution in [2.24, 2.45) is 46.8 Å². The van der Waals surface area contributed by atoms with E-state index in [1.54, 1.807) is 7.11 Å². The zero-order chi connectivity index (χ0) is 8.53. The van der Waals surface area contributed by atoms with Crippen LogP contribution in [0.4, 0.5) is 0 Å². The molecular formula is C11H12O2. The van der Waals surface area contributed by atoms with Gasteiger partial charge in [0.25, 0.3) is 0 Å². The normalized spacial score (nSPS) is 77.2. The highest BCUT2D eigenvalue weighted by Gasteiger charge is 3.00. The molecule has 0 amide bonds. The van der Waals surface area contributed by atoms with Gasteiger partial charge in [-0.3, -0.25) is 4.79 Å². The van der Waals surface area contributed by atoms with Gasteiger partial charge in [-0.2, -0.15) is 0 Å². The fourth-order valence-corrected chi connectivity index (χ4v) is 6.23. The van der Waals surface area contributed by atoms with Gasteiger partial charge in [-0.1, -0.05) is 0 Å². The molecule has 0 N–H and O–H groups in total. The third-order valence-corrected chi connectivity index (χ3v) is 6.06. The molecule has 2 heteroatoms. The number of rotatable bonds is 1. The first-order valence-electron chi connectivity index (χ1n) is 5.42. The SMILES string of the molecule is COC(=O)C12C3[C@@H]4[C@H]5C[C@H]([C@@H]34)[C@@H]1[C@@H]52. The summed E-state index contributed by atoms with van der Waals surface area (Å²) in [4.78, 5) is 11.8. The third kappa shape index (κ3) is 0.311. The summed E-state index contributed by atoms with van der Waals surface area (Å²) in [6, 6.07) is 0. The van der Waals surface area contributed by atoms with Crippen molar-refractivity contribution in [3.05, 3.63) is 0 Å². The van der Waals surface area contributed by atoms with Crippen molar-refractivity contribution >= 4 is 5.97 Å². The largest absolute Gasteiger partial charge is 0.469 e. The summed E-state index contributed by atoms with van der Waals surface area (Å²) in [5.74, 6) is 6.34. The number of ether oxygens (including phenoxy) is 1. The lowest BCUT2D eigenvalue weighted by atomic mass is 9.98. The standard InChI is InChI=1S/C11H12O2/c1-13-10(12)11-7-3-2-4(8(7)11)6-5(3)9(6)11/h3-9H,2H2,1H3/t3-,4-,5-,6-,7-,8-,9?,11?/m1/s1. The van der Waals surface area contributed by atoms with Crippen molar-refractivity contribution in [3.63, 3.8) is 0 Å². The number of carbonyl (C=O) groups excluding carboxylic acids is 1. The van der Waals surface area contributed by atoms with Crippen LogP contribution in [-0.2, 0) is 9.53 Å². The van der Waals surface area contributed by atoms with E-state index in [2.05, 4.69) is 0 Å². The number of hydrogen-bond donors (Lipinski definition) is 0. The molecule has 6 fully saturated rings. The van der Waals surface area contributed by atoms with Crippen LogP contribution in [-0.4, -0.2) is 13.1 Å². The Labute approximate surface area is 76.6 Å². The van der Waals surface area contributed by atoms with Crippen LogP contribution in [0.1, 0.15) is 6.42 Å². The van der Waals surface area contributed by atoms with Crippen molar-refractivity contribution in [3.8, 4) is 0 Å². The Bertz CT molecular complexity index is 334. The smallest absolute Gasteiger partial charge is 0.312 e. The predicted octanol–water partition coefficient (Wildman–Crippen LogP) is 0.917. The topological polar surface area (TPSA) is 26.3 Å². The van der Waals surface area contributed by atoms with Crippen LogP contribution in [0.2, 0.25) is 0 Å². The first-order chi connectivity index (χ1) is 6.33. The lowest BCUT2D eigenvalue weighted by Gasteiger charge is -2.10. The molecule has 0 saturated heterocycles. The molecule has 0 heterocycles. The minimum atomic E-state index is 0.0949. The van der Waals surface area contributed by atoms with E-state index in [1.165, 1.54) is 6.42 Å². The lowest BCUT2D eigenvalue weighted by Crippen LogP contribution is -2.21. The van der Waals surface area contributed by atoms with Crippen molar-refractivity contribution in [1.29, 1.82) is 0 Å². The Hall–Kier alpha value is -0.530. The molecule has 0 spiro atoms. The summed E-state index contributed by atoms with van der Waals surface area (Å²) in [5.41, 5.74) is 0.0949. The molecular weight excluding hydrogens is 164 g/mol. The van der Waals surface area contributed by atoms with E-state index in [0.29, 0.717) is 0 Å². The molecule has 6 aliphatic rings. The van der Waals surface area contributed by atoms with Gasteiger partial charge in [0.1, 0.15) is 0 Å². The molecule has 13 heavy (non-hydrogen) atoms. The highest BCUT2D eigenvalue weighted by Crippen LogP contribution is 3.00. The van der Waals surface area contributed by atoms with E-state index >= 15 is 0 Å². The monoisotopic (exact) mass is 176 g/mol. The van der Waals surface area contributed by atoms with Gasteiger partial charge < -0.3 is 4.74 Å². The Kier molecular flexibility index (Phi) is 0.591. The summed E-state index contributed by atoms with van der Waals surface area (Å²) < 4.78 is 5.00. The molecule has 2 bridgehead atoms. The number of methoxy groups -OCH3 is 1. The first-order valence-corrected chi connectivity index (χ1v) is 5.42. The molecule has 0 aromatic carbocycles. The Morgan fingerprint density at radius 2 is 1.85 bits per heavy atom. The van der Waals surface area contributed by atoms with Crippen molar-refractivity contribution in [2.45, 2.75) is 6.42 Å². The van der Waals surface area contributed by atoms with E-state index in [4.69, 9.17) is 4.74 Å².